The molecular formula is C18H24N2O. The highest BCUT2D eigenvalue weighted by Crippen LogP contribution is 2.35. The number of hydrogen-bond donors (Lipinski definition) is 0. The number of rotatable bonds is 5. The molecule has 1 aliphatic heterocycles. The number of piperidine rings is 1. The number of carbonyl (C=O) groups is 1. The fraction of sp³-hybridized carbons (Fsp3) is 0.556. The van der Waals surface area contributed by atoms with Crippen molar-refractivity contribution in [1.82, 2.24) is 4.90 Å². The van der Waals surface area contributed by atoms with E-state index in [0.717, 1.165) is 45.2 Å². The Bertz CT molecular complexity index is 496. The van der Waals surface area contributed by atoms with Crippen molar-refractivity contribution in [1.29, 1.82) is 5.26 Å². The van der Waals surface area contributed by atoms with Gasteiger partial charge in [-0.25, -0.2) is 0 Å². The van der Waals surface area contributed by atoms with Crippen molar-refractivity contribution in [2.45, 2.75) is 45.4 Å². The topological polar surface area (TPSA) is 44.1 Å². The Morgan fingerprint density at radius 2 is 1.95 bits per heavy atom. The summed E-state index contributed by atoms with van der Waals surface area (Å²) in [6, 6.07) is 12.9. The molecule has 3 nitrogen and oxygen atoms in total. The zero-order chi connectivity index (χ0) is 15.1. The average molecular weight is 284 g/mol. The summed E-state index contributed by atoms with van der Waals surface area (Å²) in [5.41, 5.74) is 1.04. The molecular weight excluding hydrogens is 260 g/mol. The zero-order valence-corrected chi connectivity index (χ0v) is 12.8. The van der Waals surface area contributed by atoms with Gasteiger partial charge in [-0.2, -0.15) is 5.26 Å². The van der Waals surface area contributed by atoms with Crippen LogP contribution in [0.15, 0.2) is 30.3 Å². The summed E-state index contributed by atoms with van der Waals surface area (Å²) < 4.78 is 0. The van der Waals surface area contributed by atoms with Gasteiger partial charge < -0.3 is 4.90 Å². The van der Waals surface area contributed by atoms with Gasteiger partial charge in [0.1, 0.15) is 0 Å². The van der Waals surface area contributed by atoms with Crippen LogP contribution in [0.2, 0.25) is 0 Å². The van der Waals surface area contributed by atoms with Crippen LogP contribution in [-0.4, -0.2) is 23.9 Å². The highest BCUT2D eigenvalue weighted by atomic mass is 16.2. The summed E-state index contributed by atoms with van der Waals surface area (Å²) in [6.07, 6.45) is 4.98. The van der Waals surface area contributed by atoms with Gasteiger partial charge in [-0.05, 0) is 37.7 Å². The highest BCUT2D eigenvalue weighted by molar-refractivity contribution is 5.76. The Labute approximate surface area is 127 Å². The van der Waals surface area contributed by atoms with Crippen LogP contribution in [-0.2, 0) is 11.2 Å². The average Bonchev–Trinajstić information content (AvgIpc) is 2.54. The van der Waals surface area contributed by atoms with Gasteiger partial charge in [0.25, 0.3) is 0 Å². The molecule has 0 unspecified atom stereocenters. The molecule has 0 spiro atoms. The second-order valence-corrected chi connectivity index (χ2v) is 6.01. The van der Waals surface area contributed by atoms with Crippen LogP contribution in [0.4, 0.5) is 0 Å². The summed E-state index contributed by atoms with van der Waals surface area (Å²) in [5.74, 6) is 0.243. The number of likely N-dealkylation sites (tertiary alicyclic amines) is 1. The fourth-order valence-corrected chi connectivity index (χ4v) is 3.00. The van der Waals surface area contributed by atoms with E-state index in [4.69, 9.17) is 0 Å². The maximum absolute atomic E-state index is 11.9. The molecule has 0 N–H and O–H groups in total. The van der Waals surface area contributed by atoms with Crippen LogP contribution in [0.3, 0.4) is 0 Å². The molecule has 112 valence electrons. The Hall–Kier alpha value is -1.82. The van der Waals surface area contributed by atoms with Gasteiger partial charge in [-0.3, -0.25) is 4.79 Å². The van der Waals surface area contributed by atoms with E-state index in [9.17, 15) is 10.1 Å². The van der Waals surface area contributed by atoms with E-state index in [-0.39, 0.29) is 11.3 Å². The van der Waals surface area contributed by atoms with E-state index in [1.165, 1.54) is 5.56 Å². The van der Waals surface area contributed by atoms with Gasteiger partial charge in [0.05, 0.1) is 11.5 Å². The van der Waals surface area contributed by atoms with Crippen molar-refractivity contribution in [3.63, 3.8) is 0 Å². The smallest absolute Gasteiger partial charge is 0.222 e. The minimum atomic E-state index is -0.251. The quantitative estimate of drug-likeness (QED) is 0.830. The van der Waals surface area contributed by atoms with Crippen LogP contribution >= 0.6 is 0 Å². The molecule has 0 radical (unpaired) electrons. The molecule has 2 rings (SSSR count). The summed E-state index contributed by atoms with van der Waals surface area (Å²) in [7, 11) is 0. The molecule has 1 aromatic carbocycles. The first kappa shape index (κ1) is 15.6. The van der Waals surface area contributed by atoms with Gasteiger partial charge >= 0.3 is 0 Å². The first-order valence-corrected chi connectivity index (χ1v) is 7.92. The SMILES string of the molecule is CCCC(=O)N1CCC(C#N)(CCc2ccccc2)CC1. The van der Waals surface area contributed by atoms with Gasteiger partial charge in [0.2, 0.25) is 5.91 Å². The van der Waals surface area contributed by atoms with Crippen LogP contribution in [0.25, 0.3) is 0 Å². The van der Waals surface area contributed by atoms with E-state index in [1.807, 2.05) is 30.0 Å². The fourth-order valence-electron chi connectivity index (χ4n) is 3.00. The summed E-state index contributed by atoms with van der Waals surface area (Å²) in [5, 5.41) is 9.59. The van der Waals surface area contributed by atoms with Crippen molar-refractivity contribution >= 4 is 5.91 Å². The normalized spacial score (nSPS) is 17.2. The molecule has 1 aromatic rings. The van der Waals surface area contributed by atoms with Crippen molar-refractivity contribution < 1.29 is 4.79 Å². The molecule has 0 bridgehead atoms. The number of amides is 1. The maximum Gasteiger partial charge on any atom is 0.222 e. The Kier molecular flexibility index (Phi) is 5.38. The first-order valence-electron chi connectivity index (χ1n) is 7.92. The number of nitriles is 1. The molecule has 1 heterocycles. The number of benzene rings is 1. The van der Waals surface area contributed by atoms with Crippen molar-refractivity contribution in [2.75, 3.05) is 13.1 Å². The molecule has 0 aromatic heterocycles. The molecule has 1 fully saturated rings. The lowest BCUT2D eigenvalue weighted by molar-refractivity contribution is -0.133. The molecule has 1 amide bonds. The third-order valence-electron chi connectivity index (χ3n) is 4.51. The summed E-state index contributed by atoms with van der Waals surface area (Å²) in [6.45, 7) is 3.50. The van der Waals surface area contributed by atoms with Crippen molar-refractivity contribution in [3.8, 4) is 6.07 Å². The Balaban J connectivity index is 1.89. The number of carbonyl (C=O) groups excluding carboxylic acids is 1. The predicted octanol–water partition coefficient (Wildman–Crippen LogP) is 3.55. The van der Waals surface area contributed by atoms with Crippen LogP contribution < -0.4 is 0 Å². The van der Waals surface area contributed by atoms with Gasteiger partial charge in [0.15, 0.2) is 0 Å². The predicted molar refractivity (Wildman–Crippen MR) is 83.5 cm³/mol. The molecule has 3 heteroatoms. The van der Waals surface area contributed by atoms with E-state index in [0.29, 0.717) is 6.42 Å². The lowest BCUT2D eigenvalue weighted by atomic mass is 9.75. The van der Waals surface area contributed by atoms with E-state index < -0.39 is 0 Å². The van der Waals surface area contributed by atoms with E-state index in [1.54, 1.807) is 0 Å². The van der Waals surface area contributed by atoms with Gasteiger partial charge in [-0.1, -0.05) is 37.3 Å². The lowest BCUT2D eigenvalue weighted by Gasteiger charge is -2.37. The third-order valence-corrected chi connectivity index (χ3v) is 4.51. The minimum absolute atomic E-state index is 0.243. The molecule has 1 aliphatic rings. The highest BCUT2D eigenvalue weighted by Gasteiger charge is 2.35. The van der Waals surface area contributed by atoms with Crippen LogP contribution in [0.5, 0.6) is 0 Å². The monoisotopic (exact) mass is 284 g/mol. The summed E-state index contributed by atoms with van der Waals surface area (Å²) >= 11 is 0. The number of aryl methyl sites for hydroxylation is 1. The lowest BCUT2D eigenvalue weighted by Crippen LogP contribution is -2.42. The van der Waals surface area contributed by atoms with Crippen molar-refractivity contribution in [3.05, 3.63) is 35.9 Å². The van der Waals surface area contributed by atoms with E-state index >= 15 is 0 Å². The standard InChI is InChI=1S/C18H24N2O/c1-2-6-17(21)20-13-11-18(15-19,12-14-20)10-9-16-7-4-3-5-8-16/h3-5,7-8H,2,6,9-14H2,1H3. The minimum Gasteiger partial charge on any atom is -0.343 e. The Morgan fingerprint density at radius 1 is 1.29 bits per heavy atom. The van der Waals surface area contributed by atoms with Crippen LogP contribution in [0, 0.1) is 16.7 Å². The second kappa shape index (κ2) is 7.26. The molecule has 0 aliphatic carbocycles. The van der Waals surface area contributed by atoms with Gasteiger partial charge in [0, 0.05) is 19.5 Å². The third kappa shape index (κ3) is 4.07. The van der Waals surface area contributed by atoms with E-state index in [2.05, 4.69) is 18.2 Å². The zero-order valence-electron chi connectivity index (χ0n) is 12.8. The largest absolute Gasteiger partial charge is 0.343 e. The first-order chi connectivity index (χ1) is 10.2. The Morgan fingerprint density at radius 3 is 2.52 bits per heavy atom. The molecule has 1 saturated heterocycles. The number of hydrogen-bond acceptors (Lipinski definition) is 2. The number of nitrogens with zero attached hydrogens (tertiary/aromatic N) is 2. The maximum atomic E-state index is 11.9. The molecule has 0 atom stereocenters. The van der Waals surface area contributed by atoms with Crippen molar-refractivity contribution in [2.24, 2.45) is 5.41 Å². The second-order valence-electron chi connectivity index (χ2n) is 6.01. The van der Waals surface area contributed by atoms with Crippen LogP contribution in [0.1, 0.15) is 44.6 Å². The molecule has 0 saturated carbocycles. The summed E-state index contributed by atoms with van der Waals surface area (Å²) in [4.78, 5) is 13.9. The van der Waals surface area contributed by atoms with Gasteiger partial charge in [-0.15, -0.1) is 0 Å². The molecule has 21 heavy (non-hydrogen) atoms.